The maximum Gasteiger partial charge on any atom is 0.227 e. The molecule has 0 amide bonds. The molecule has 4 nitrogen and oxygen atoms in total. The standard InChI is InChI=1S/C24H32N4S2/c1-6-19-13-18(9-7-8-12-29-5)10-11-20(19)22-17(3)30-21-15-26-24(28-23(21)22)27-16(2)14-25-4/h10-11,13-15,25H,6-9,12H2,1-5H3,(H,26,27,28)/b16-14+. The minimum atomic E-state index is 0.633. The molecule has 0 aliphatic carbocycles. The average Bonchev–Trinajstić information content (AvgIpc) is 3.06. The maximum absolute atomic E-state index is 4.88. The van der Waals surface area contributed by atoms with E-state index < -0.39 is 0 Å². The van der Waals surface area contributed by atoms with Gasteiger partial charge in [0.25, 0.3) is 0 Å². The molecule has 0 atom stereocenters. The second kappa shape index (κ2) is 10.8. The van der Waals surface area contributed by atoms with E-state index in [0.29, 0.717) is 5.95 Å². The highest BCUT2D eigenvalue weighted by atomic mass is 32.2. The highest BCUT2D eigenvalue weighted by Gasteiger charge is 2.17. The van der Waals surface area contributed by atoms with E-state index >= 15 is 0 Å². The highest BCUT2D eigenvalue weighted by molar-refractivity contribution is 7.98. The van der Waals surface area contributed by atoms with Gasteiger partial charge in [-0.15, -0.1) is 11.3 Å². The van der Waals surface area contributed by atoms with Gasteiger partial charge in [0.05, 0.1) is 16.4 Å². The molecule has 0 aliphatic rings. The Balaban J connectivity index is 1.96. The number of hydrogen-bond donors (Lipinski definition) is 2. The number of nitrogens with zero attached hydrogens (tertiary/aromatic N) is 2. The molecule has 2 aromatic heterocycles. The van der Waals surface area contributed by atoms with Gasteiger partial charge in [0, 0.05) is 29.4 Å². The minimum Gasteiger partial charge on any atom is -0.393 e. The molecule has 3 aromatic rings. The van der Waals surface area contributed by atoms with E-state index in [1.807, 2.05) is 38.1 Å². The van der Waals surface area contributed by atoms with E-state index in [0.717, 1.165) is 28.8 Å². The zero-order chi connectivity index (χ0) is 21.5. The van der Waals surface area contributed by atoms with Crippen molar-refractivity contribution in [3.63, 3.8) is 0 Å². The maximum atomic E-state index is 4.88. The van der Waals surface area contributed by atoms with Crippen molar-refractivity contribution in [2.75, 3.05) is 24.4 Å². The first-order chi connectivity index (χ1) is 14.6. The molecule has 0 spiro atoms. The molecule has 0 saturated carbocycles. The molecule has 6 heteroatoms. The summed E-state index contributed by atoms with van der Waals surface area (Å²) in [5.74, 6) is 1.88. The lowest BCUT2D eigenvalue weighted by atomic mass is 9.94. The number of rotatable bonds is 10. The Kier molecular flexibility index (Phi) is 8.16. The Labute approximate surface area is 188 Å². The number of unbranched alkanes of at least 4 members (excludes halogenated alkanes) is 1. The fourth-order valence-corrected chi connectivity index (χ4v) is 5.21. The number of aromatic nitrogens is 2. The summed E-state index contributed by atoms with van der Waals surface area (Å²) in [6, 6.07) is 7.01. The fraction of sp³-hybridized carbons (Fsp3) is 0.417. The van der Waals surface area contributed by atoms with Crippen LogP contribution in [0.3, 0.4) is 0 Å². The van der Waals surface area contributed by atoms with Crippen LogP contribution in [-0.4, -0.2) is 29.0 Å². The number of allylic oxidation sites excluding steroid dienone is 1. The van der Waals surface area contributed by atoms with Crippen molar-refractivity contribution < 1.29 is 0 Å². The van der Waals surface area contributed by atoms with Crippen LogP contribution >= 0.6 is 23.1 Å². The van der Waals surface area contributed by atoms with Crippen molar-refractivity contribution in [1.29, 1.82) is 0 Å². The summed E-state index contributed by atoms with van der Waals surface area (Å²) in [6.45, 7) is 6.43. The van der Waals surface area contributed by atoms with Crippen LogP contribution in [0.2, 0.25) is 0 Å². The summed E-state index contributed by atoms with van der Waals surface area (Å²) in [5.41, 5.74) is 7.42. The molecule has 0 fully saturated rings. The number of thiophene rings is 1. The van der Waals surface area contributed by atoms with Gasteiger partial charge in [-0.05, 0) is 68.2 Å². The Hall–Kier alpha value is -2.05. The zero-order valence-corrected chi connectivity index (χ0v) is 20.3. The predicted molar refractivity (Wildman–Crippen MR) is 135 cm³/mol. The summed E-state index contributed by atoms with van der Waals surface area (Å²) >= 11 is 3.70. The van der Waals surface area contributed by atoms with Crippen LogP contribution in [0.4, 0.5) is 5.95 Å². The van der Waals surface area contributed by atoms with E-state index in [2.05, 4.69) is 53.9 Å². The van der Waals surface area contributed by atoms with Gasteiger partial charge in [-0.1, -0.05) is 25.1 Å². The van der Waals surface area contributed by atoms with Crippen LogP contribution in [-0.2, 0) is 12.8 Å². The SMILES string of the molecule is CCc1cc(CCCCSC)ccc1-c1c(C)sc2cnc(N/C(C)=C/NC)nc12. The van der Waals surface area contributed by atoms with Crippen molar-refractivity contribution in [2.24, 2.45) is 0 Å². The van der Waals surface area contributed by atoms with E-state index in [4.69, 9.17) is 4.98 Å². The number of fused-ring (bicyclic) bond motifs is 1. The second-order valence-electron chi connectivity index (χ2n) is 7.48. The monoisotopic (exact) mass is 440 g/mol. The van der Waals surface area contributed by atoms with Crippen LogP contribution in [0.1, 0.15) is 42.7 Å². The third kappa shape index (κ3) is 5.35. The van der Waals surface area contributed by atoms with Gasteiger partial charge < -0.3 is 10.6 Å². The number of anilines is 1. The third-order valence-electron chi connectivity index (χ3n) is 5.16. The summed E-state index contributed by atoms with van der Waals surface area (Å²) in [4.78, 5) is 10.7. The molecule has 1 aromatic carbocycles. The van der Waals surface area contributed by atoms with Crippen molar-refractivity contribution in [2.45, 2.75) is 46.5 Å². The smallest absolute Gasteiger partial charge is 0.227 e. The van der Waals surface area contributed by atoms with Gasteiger partial charge in [0.15, 0.2) is 0 Å². The van der Waals surface area contributed by atoms with Gasteiger partial charge in [0.2, 0.25) is 5.95 Å². The third-order valence-corrected chi connectivity index (χ3v) is 6.89. The predicted octanol–water partition coefficient (Wildman–Crippen LogP) is 6.41. The van der Waals surface area contributed by atoms with Crippen molar-refractivity contribution >= 4 is 39.3 Å². The van der Waals surface area contributed by atoms with Gasteiger partial charge in [-0.3, -0.25) is 0 Å². The second-order valence-corrected chi connectivity index (χ2v) is 9.72. The molecule has 30 heavy (non-hydrogen) atoms. The summed E-state index contributed by atoms with van der Waals surface area (Å²) in [5, 5.41) is 6.30. The van der Waals surface area contributed by atoms with E-state index in [1.165, 1.54) is 45.7 Å². The largest absolute Gasteiger partial charge is 0.393 e. The normalized spacial score (nSPS) is 11.8. The Morgan fingerprint density at radius 1 is 1.27 bits per heavy atom. The van der Waals surface area contributed by atoms with Gasteiger partial charge >= 0.3 is 0 Å². The number of nitrogens with one attached hydrogen (secondary N) is 2. The molecular formula is C24H32N4S2. The topological polar surface area (TPSA) is 49.8 Å². The molecule has 160 valence electrons. The number of aryl methyl sites for hydroxylation is 3. The minimum absolute atomic E-state index is 0.633. The number of thioether (sulfide) groups is 1. The van der Waals surface area contributed by atoms with Crippen LogP contribution in [0.15, 0.2) is 36.3 Å². The fourth-order valence-electron chi connectivity index (χ4n) is 3.73. The molecule has 2 heterocycles. The van der Waals surface area contributed by atoms with Gasteiger partial charge in [0.1, 0.15) is 0 Å². The van der Waals surface area contributed by atoms with Crippen LogP contribution in [0, 0.1) is 6.92 Å². The number of hydrogen-bond acceptors (Lipinski definition) is 6. The first kappa shape index (κ1) is 22.6. The van der Waals surface area contributed by atoms with Crippen LogP contribution < -0.4 is 10.6 Å². The zero-order valence-electron chi connectivity index (χ0n) is 18.6. The average molecular weight is 441 g/mol. The lowest BCUT2D eigenvalue weighted by Crippen LogP contribution is -2.04. The molecule has 0 radical (unpaired) electrons. The van der Waals surface area contributed by atoms with Crippen molar-refractivity contribution in [1.82, 2.24) is 15.3 Å². The first-order valence-electron chi connectivity index (χ1n) is 10.6. The molecule has 2 N–H and O–H groups in total. The molecule has 0 unspecified atom stereocenters. The summed E-state index contributed by atoms with van der Waals surface area (Å²) < 4.78 is 1.13. The van der Waals surface area contributed by atoms with Crippen LogP contribution in [0.5, 0.6) is 0 Å². The summed E-state index contributed by atoms with van der Waals surface area (Å²) in [7, 11) is 1.88. The Bertz CT molecular complexity index is 1020. The molecule has 0 aliphatic heterocycles. The van der Waals surface area contributed by atoms with E-state index in [9.17, 15) is 0 Å². The van der Waals surface area contributed by atoms with Crippen molar-refractivity contribution in [3.8, 4) is 11.1 Å². The Morgan fingerprint density at radius 2 is 2.10 bits per heavy atom. The quantitative estimate of drug-likeness (QED) is 0.357. The lowest BCUT2D eigenvalue weighted by Gasteiger charge is -2.12. The van der Waals surface area contributed by atoms with Crippen molar-refractivity contribution in [3.05, 3.63) is 52.3 Å². The van der Waals surface area contributed by atoms with Gasteiger partial charge in [-0.25, -0.2) is 9.97 Å². The molecule has 3 rings (SSSR count). The highest BCUT2D eigenvalue weighted by Crippen LogP contribution is 2.39. The van der Waals surface area contributed by atoms with Gasteiger partial charge in [-0.2, -0.15) is 11.8 Å². The Morgan fingerprint density at radius 3 is 2.83 bits per heavy atom. The van der Waals surface area contributed by atoms with Crippen LogP contribution in [0.25, 0.3) is 21.3 Å². The number of benzene rings is 1. The summed E-state index contributed by atoms with van der Waals surface area (Å²) in [6.07, 6.45) is 10.7. The first-order valence-corrected chi connectivity index (χ1v) is 12.8. The lowest BCUT2D eigenvalue weighted by molar-refractivity contribution is 0.802. The molecule has 0 bridgehead atoms. The molecule has 0 saturated heterocycles. The van der Waals surface area contributed by atoms with E-state index in [-0.39, 0.29) is 0 Å². The van der Waals surface area contributed by atoms with E-state index in [1.54, 1.807) is 11.3 Å². The molecular weight excluding hydrogens is 408 g/mol.